The minimum Gasteiger partial charge on any atom is -0.468 e. The van der Waals surface area contributed by atoms with Crippen molar-refractivity contribution in [2.45, 2.75) is 25.8 Å². The van der Waals surface area contributed by atoms with Gasteiger partial charge in [-0.15, -0.1) is 0 Å². The monoisotopic (exact) mass is 267 g/mol. The van der Waals surface area contributed by atoms with Gasteiger partial charge in [0.2, 0.25) is 0 Å². The van der Waals surface area contributed by atoms with Crippen LogP contribution in [-0.2, 0) is 19.4 Å². The molecule has 0 aromatic carbocycles. The molecule has 0 aromatic rings. The van der Waals surface area contributed by atoms with Gasteiger partial charge >= 0.3 is 5.97 Å². The lowest BCUT2D eigenvalue weighted by Gasteiger charge is -2.17. The van der Waals surface area contributed by atoms with Crippen molar-refractivity contribution in [3.05, 3.63) is 0 Å². The predicted octanol–water partition coefficient (Wildman–Crippen LogP) is -0.675. The summed E-state index contributed by atoms with van der Waals surface area (Å²) in [5.74, 6) is -1.54. The van der Waals surface area contributed by atoms with Gasteiger partial charge in [-0.25, -0.2) is 8.42 Å². The second-order valence-electron chi connectivity index (χ2n) is 3.79. The Hall–Kier alpha value is -0.660. The SMILES string of the molecule is CCCNC(CCO)CS(=O)(=O)CC(=O)OC. The zero-order valence-electron chi connectivity index (χ0n) is 10.3. The Morgan fingerprint density at radius 3 is 2.59 bits per heavy atom. The summed E-state index contributed by atoms with van der Waals surface area (Å²) >= 11 is 0. The molecule has 1 unspecified atom stereocenters. The Balaban J connectivity index is 4.35. The van der Waals surface area contributed by atoms with Gasteiger partial charge in [-0.2, -0.15) is 0 Å². The molecule has 0 fully saturated rings. The standard InChI is InChI=1S/C10H21NO5S/c1-3-5-11-9(4-6-12)7-17(14,15)8-10(13)16-2/h9,11-12H,3-8H2,1-2H3. The maximum atomic E-state index is 11.6. The van der Waals surface area contributed by atoms with Gasteiger partial charge in [0.1, 0.15) is 5.75 Å². The van der Waals surface area contributed by atoms with Gasteiger partial charge in [-0.05, 0) is 19.4 Å². The number of aliphatic hydroxyl groups excluding tert-OH is 1. The van der Waals surface area contributed by atoms with Crippen molar-refractivity contribution in [1.82, 2.24) is 5.32 Å². The molecule has 0 aliphatic carbocycles. The second kappa shape index (κ2) is 8.43. The molecule has 0 aliphatic heterocycles. The van der Waals surface area contributed by atoms with E-state index in [4.69, 9.17) is 5.11 Å². The van der Waals surface area contributed by atoms with E-state index in [2.05, 4.69) is 10.1 Å². The van der Waals surface area contributed by atoms with Crippen LogP contribution in [0.3, 0.4) is 0 Å². The van der Waals surface area contributed by atoms with Crippen molar-refractivity contribution < 1.29 is 23.1 Å². The molecule has 0 amide bonds. The van der Waals surface area contributed by atoms with Crippen LogP contribution in [0.15, 0.2) is 0 Å². The Bertz CT molecular complexity index is 315. The molecule has 6 nitrogen and oxygen atoms in total. The van der Waals surface area contributed by atoms with Gasteiger partial charge < -0.3 is 15.2 Å². The number of hydrogen-bond acceptors (Lipinski definition) is 6. The molecule has 0 heterocycles. The molecule has 0 saturated heterocycles. The molecule has 0 aliphatic rings. The number of rotatable bonds is 9. The largest absolute Gasteiger partial charge is 0.468 e. The normalized spacial score (nSPS) is 13.4. The number of aliphatic hydroxyl groups is 1. The first-order chi connectivity index (χ1) is 7.95. The van der Waals surface area contributed by atoms with Gasteiger partial charge in [0.05, 0.1) is 12.9 Å². The fraction of sp³-hybridized carbons (Fsp3) is 0.900. The Morgan fingerprint density at radius 1 is 1.47 bits per heavy atom. The Labute approximate surface area is 102 Å². The Morgan fingerprint density at radius 2 is 2.12 bits per heavy atom. The lowest BCUT2D eigenvalue weighted by molar-refractivity contribution is -0.137. The maximum absolute atomic E-state index is 11.6. The highest BCUT2D eigenvalue weighted by atomic mass is 32.2. The van der Waals surface area contributed by atoms with Crippen molar-refractivity contribution in [2.75, 3.05) is 31.8 Å². The molecule has 17 heavy (non-hydrogen) atoms. The van der Waals surface area contributed by atoms with E-state index in [1.54, 1.807) is 0 Å². The summed E-state index contributed by atoms with van der Waals surface area (Å²) in [6.07, 6.45) is 1.22. The number of esters is 1. The first-order valence-corrected chi connectivity index (χ1v) is 7.38. The Kier molecular flexibility index (Phi) is 8.11. The maximum Gasteiger partial charge on any atom is 0.320 e. The van der Waals surface area contributed by atoms with E-state index in [-0.39, 0.29) is 18.4 Å². The lowest BCUT2D eigenvalue weighted by atomic mass is 10.2. The summed E-state index contributed by atoms with van der Waals surface area (Å²) in [6.45, 7) is 2.56. The summed E-state index contributed by atoms with van der Waals surface area (Å²) < 4.78 is 27.6. The van der Waals surface area contributed by atoms with E-state index in [0.29, 0.717) is 13.0 Å². The molecular formula is C10H21NO5S. The van der Waals surface area contributed by atoms with Crippen LogP contribution in [0.4, 0.5) is 0 Å². The summed E-state index contributed by atoms with van der Waals surface area (Å²) in [5.41, 5.74) is 0. The number of hydrogen-bond donors (Lipinski definition) is 2. The molecule has 0 radical (unpaired) electrons. The van der Waals surface area contributed by atoms with Crippen LogP contribution in [0, 0.1) is 0 Å². The molecule has 0 rings (SSSR count). The average molecular weight is 267 g/mol. The topological polar surface area (TPSA) is 92.7 Å². The van der Waals surface area contributed by atoms with Crippen molar-refractivity contribution in [3.63, 3.8) is 0 Å². The summed E-state index contributed by atoms with van der Waals surface area (Å²) in [6, 6.07) is -0.324. The summed E-state index contributed by atoms with van der Waals surface area (Å²) in [7, 11) is -2.34. The average Bonchev–Trinajstić information content (AvgIpc) is 2.25. The fourth-order valence-electron chi connectivity index (χ4n) is 1.35. The minimum absolute atomic E-state index is 0.0882. The third kappa shape index (κ3) is 8.12. The number of carbonyl (C=O) groups is 1. The van der Waals surface area contributed by atoms with E-state index in [1.165, 1.54) is 0 Å². The first-order valence-electron chi connectivity index (χ1n) is 5.56. The number of methoxy groups -OCH3 is 1. The van der Waals surface area contributed by atoms with Crippen molar-refractivity contribution in [1.29, 1.82) is 0 Å². The molecule has 1 atom stereocenters. The highest BCUT2D eigenvalue weighted by Crippen LogP contribution is 2.00. The van der Waals surface area contributed by atoms with Crippen molar-refractivity contribution in [3.8, 4) is 0 Å². The number of carbonyl (C=O) groups excluding carboxylic acids is 1. The molecule has 0 saturated carbocycles. The smallest absolute Gasteiger partial charge is 0.320 e. The molecule has 2 N–H and O–H groups in total. The zero-order chi connectivity index (χ0) is 13.3. The minimum atomic E-state index is -3.49. The van der Waals surface area contributed by atoms with Gasteiger partial charge in [-0.3, -0.25) is 4.79 Å². The van der Waals surface area contributed by atoms with Crippen molar-refractivity contribution >= 4 is 15.8 Å². The second-order valence-corrected chi connectivity index (χ2v) is 5.90. The zero-order valence-corrected chi connectivity index (χ0v) is 11.1. The third-order valence-electron chi connectivity index (χ3n) is 2.18. The van der Waals surface area contributed by atoms with E-state index in [0.717, 1.165) is 13.5 Å². The van der Waals surface area contributed by atoms with E-state index in [1.807, 2.05) is 6.92 Å². The molecule has 0 bridgehead atoms. The first kappa shape index (κ1) is 16.3. The predicted molar refractivity (Wildman–Crippen MR) is 64.5 cm³/mol. The van der Waals surface area contributed by atoms with Crippen LogP contribution in [0.5, 0.6) is 0 Å². The third-order valence-corrected chi connectivity index (χ3v) is 3.77. The molecule has 102 valence electrons. The molecule has 0 aromatic heterocycles. The number of ether oxygens (including phenoxy) is 1. The molecular weight excluding hydrogens is 246 g/mol. The van der Waals surface area contributed by atoms with E-state index >= 15 is 0 Å². The number of nitrogens with one attached hydrogen (secondary N) is 1. The summed E-state index contributed by atoms with van der Waals surface area (Å²) in [5, 5.41) is 11.9. The van der Waals surface area contributed by atoms with Crippen molar-refractivity contribution in [2.24, 2.45) is 0 Å². The number of sulfone groups is 1. The van der Waals surface area contributed by atoms with E-state index in [9.17, 15) is 13.2 Å². The van der Waals surface area contributed by atoms with Gasteiger partial charge in [-0.1, -0.05) is 6.92 Å². The fourth-order valence-corrected chi connectivity index (χ4v) is 2.84. The lowest BCUT2D eigenvalue weighted by Crippen LogP contribution is -2.38. The molecule has 0 spiro atoms. The van der Waals surface area contributed by atoms with Crippen LogP contribution in [-0.4, -0.2) is 57.3 Å². The van der Waals surface area contributed by atoms with Crippen LogP contribution >= 0.6 is 0 Å². The van der Waals surface area contributed by atoms with Crippen LogP contribution in [0.1, 0.15) is 19.8 Å². The van der Waals surface area contributed by atoms with Crippen LogP contribution in [0.2, 0.25) is 0 Å². The van der Waals surface area contributed by atoms with Gasteiger partial charge in [0.15, 0.2) is 9.84 Å². The van der Waals surface area contributed by atoms with Gasteiger partial charge in [0.25, 0.3) is 0 Å². The van der Waals surface area contributed by atoms with E-state index < -0.39 is 21.6 Å². The molecule has 7 heteroatoms. The van der Waals surface area contributed by atoms with Crippen LogP contribution < -0.4 is 5.32 Å². The highest BCUT2D eigenvalue weighted by Gasteiger charge is 2.22. The highest BCUT2D eigenvalue weighted by molar-refractivity contribution is 7.92. The van der Waals surface area contributed by atoms with Gasteiger partial charge in [0, 0.05) is 12.6 Å². The quantitative estimate of drug-likeness (QED) is 0.538. The summed E-state index contributed by atoms with van der Waals surface area (Å²) in [4.78, 5) is 10.9. The van der Waals surface area contributed by atoms with Crippen LogP contribution in [0.25, 0.3) is 0 Å².